The molecule has 2 rings (SSSR count). The van der Waals surface area contributed by atoms with Crippen LogP contribution in [0.2, 0.25) is 5.02 Å². The van der Waals surface area contributed by atoms with E-state index in [1.807, 2.05) is 13.8 Å². The summed E-state index contributed by atoms with van der Waals surface area (Å²) in [7, 11) is 0. The van der Waals surface area contributed by atoms with E-state index in [9.17, 15) is 4.79 Å². The number of amides is 1. The maximum Gasteiger partial charge on any atom is 0.269 e. The van der Waals surface area contributed by atoms with E-state index in [4.69, 9.17) is 16.3 Å². The first-order valence-electron chi connectivity index (χ1n) is 6.74. The number of hydrogen-bond acceptors (Lipinski definition) is 3. The lowest BCUT2D eigenvalue weighted by Gasteiger charge is -2.11. The molecule has 5 nitrogen and oxygen atoms in total. The van der Waals surface area contributed by atoms with Crippen molar-refractivity contribution >= 4 is 17.5 Å². The SMILES string of the molecule is CC(C)CNC(=O)c1ccnn1COc1ccc(Cl)cc1. The van der Waals surface area contributed by atoms with E-state index in [-0.39, 0.29) is 12.6 Å². The molecule has 1 N–H and O–H groups in total. The second-order valence-electron chi connectivity index (χ2n) is 5.05. The molecule has 0 spiro atoms. The Labute approximate surface area is 128 Å². The molecule has 1 heterocycles. The Morgan fingerprint density at radius 1 is 1.33 bits per heavy atom. The van der Waals surface area contributed by atoms with E-state index < -0.39 is 0 Å². The van der Waals surface area contributed by atoms with Gasteiger partial charge in [0.05, 0.1) is 0 Å². The summed E-state index contributed by atoms with van der Waals surface area (Å²) in [6.07, 6.45) is 1.58. The minimum atomic E-state index is -0.152. The van der Waals surface area contributed by atoms with Gasteiger partial charge >= 0.3 is 0 Å². The van der Waals surface area contributed by atoms with Gasteiger partial charge < -0.3 is 10.1 Å². The van der Waals surface area contributed by atoms with Crippen molar-refractivity contribution in [2.75, 3.05) is 6.54 Å². The van der Waals surface area contributed by atoms with Gasteiger partial charge in [0.25, 0.3) is 5.91 Å². The number of benzene rings is 1. The lowest BCUT2D eigenvalue weighted by Crippen LogP contribution is -2.30. The highest BCUT2D eigenvalue weighted by Gasteiger charge is 2.12. The summed E-state index contributed by atoms with van der Waals surface area (Å²) in [6, 6.07) is 8.70. The predicted molar refractivity (Wildman–Crippen MR) is 81.5 cm³/mol. The van der Waals surface area contributed by atoms with Gasteiger partial charge in [0.2, 0.25) is 0 Å². The molecule has 112 valence electrons. The summed E-state index contributed by atoms with van der Waals surface area (Å²) in [6.45, 7) is 4.88. The molecule has 6 heteroatoms. The number of nitrogens with zero attached hydrogens (tertiary/aromatic N) is 2. The number of nitrogens with one attached hydrogen (secondary N) is 1. The van der Waals surface area contributed by atoms with Crippen LogP contribution in [-0.2, 0) is 6.73 Å². The molecule has 0 aliphatic carbocycles. The zero-order chi connectivity index (χ0) is 15.2. The second kappa shape index (κ2) is 7.13. The highest BCUT2D eigenvalue weighted by Crippen LogP contribution is 2.16. The number of aromatic nitrogens is 2. The van der Waals surface area contributed by atoms with Gasteiger partial charge in [-0.05, 0) is 36.2 Å². The fourth-order valence-corrected chi connectivity index (χ4v) is 1.81. The number of hydrogen-bond donors (Lipinski definition) is 1. The van der Waals surface area contributed by atoms with Crippen molar-refractivity contribution in [3.05, 3.63) is 47.2 Å². The van der Waals surface area contributed by atoms with E-state index in [0.717, 1.165) is 0 Å². The van der Waals surface area contributed by atoms with Gasteiger partial charge in [-0.3, -0.25) is 4.79 Å². The molecular weight excluding hydrogens is 290 g/mol. The summed E-state index contributed by atoms with van der Waals surface area (Å²) >= 11 is 5.81. The number of ether oxygens (including phenoxy) is 1. The Morgan fingerprint density at radius 3 is 2.71 bits per heavy atom. The molecular formula is C15H18ClN3O2. The van der Waals surface area contributed by atoms with Gasteiger partial charge in [0, 0.05) is 17.8 Å². The number of rotatable bonds is 6. The highest BCUT2D eigenvalue weighted by atomic mass is 35.5. The van der Waals surface area contributed by atoms with E-state index in [2.05, 4.69) is 10.4 Å². The monoisotopic (exact) mass is 307 g/mol. The second-order valence-corrected chi connectivity index (χ2v) is 5.48. The van der Waals surface area contributed by atoms with Crippen LogP contribution in [0.1, 0.15) is 24.3 Å². The average Bonchev–Trinajstić information content (AvgIpc) is 2.92. The van der Waals surface area contributed by atoms with Crippen LogP contribution in [0.15, 0.2) is 36.5 Å². The Hall–Kier alpha value is -2.01. The minimum absolute atomic E-state index is 0.152. The van der Waals surface area contributed by atoms with Crippen molar-refractivity contribution in [3.63, 3.8) is 0 Å². The average molecular weight is 308 g/mol. The maximum absolute atomic E-state index is 12.0. The molecule has 2 aromatic rings. The van der Waals surface area contributed by atoms with Crippen molar-refractivity contribution in [2.45, 2.75) is 20.6 Å². The maximum atomic E-state index is 12.0. The molecule has 1 aromatic carbocycles. The summed E-state index contributed by atoms with van der Waals surface area (Å²) in [5.74, 6) is 0.917. The first kappa shape index (κ1) is 15.4. The third-order valence-electron chi connectivity index (χ3n) is 2.79. The van der Waals surface area contributed by atoms with E-state index in [1.54, 1.807) is 36.5 Å². The zero-order valence-corrected chi connectivity index (χ0v) is 12.8. The van der Waals surface area contributed by atoms with Crippen LogP contribution in [0.4, 0.5) is 0 Å². The van der Waals surface area contributed by atoms with Crippen LogP contribution < -0.4 is 10.1 Å². The van der Waals surface area contributed by atoms with Gasteiger partial charge in [-0.15, -0.1) is 0 Å². The highest BCUT2D eigenvalue weighted by molar-refractivity contribution is 6.30. The van der Waals surface area contributed by atoms with Crippen molar-refractivity contribution in [3.8, 4) is 5.75 Å². The lowest BCUT2D eigenvalue weighted by atomic mass is 10.2. The first-order valence-corrected chi connectivity index (χ1v) is 7.12. The minimum Gasteiger partial charge on any atom is -0.471 e. The third kappa shape index (κ3) is 4.49. The molecule has 0 saturated carbocycles. The normalized spacial score (nSPS) is 10.7. The number of carbonyl (C=O) groups is 1. The first-order chi connectivity index (χ1) is 10.1. The Morgan fingerprint density at radius 2 is 2.05 bits per heavy atom. The van der Waals surface area contributed by atoms with Crippen LogP contribution in [0.5, 0.6) is 5.75 Å². The molecule has 0 aliphatic heterocycles. The van der Waals surface area contributed by atoms with Crippen LogP contribution in [0, 0.1) is 5.92 Å². The van der Waals surface area contributed by atoms with Crippen LogP contribution in [0.25, 0.3) is 0 Å². The fraction of sp³-hybridized carbons (Fsp3) is 0.333. The van der Waals surface area contributed by atoms with Crippen molar-refractivity contribution in [1.82, 2.24) is 15.1 Å². The number of halogens is 1. The lowest BCUT2D eigenvalue weighted by molar-refractivity contribution is 0.0927. The Bertz CT molecular complexity index is 593. The molecule has 0 saturated heterocycles. The summed E-state index contributed by atoms with van der Waals surface area (Å²) in [4.78, 5) is 12.0. The third-order valence-corrected chi connectivity index (χ3v) is 3.04. The topological polar surface area (TPSA) is 56.2 Å². The summed E-state index contributed by atoms with van der Waals surface area (Å²) in [5.41, 5.74) is 0.476. The predicted octanol–water partition coefficient (Wildman–Crippen LogP) is 2.96. The van der Waals surface area contributed by atoms with Crippen LogP contribution in [0.3, 0.4) is 0 Å². The van der Waals surface area contributed by atoms with Gasteiger partial charge in [-0.25, -0.2) is 4.68 Å². The summed E-state index contributed by atoms with van der Waals surface area (Å²) < 4.78 is 7.10. The quantitative estimate of drug-likeness (QED) is 0.892. The van der Waals surface area contributed by atoms with Gasteiger partial charge in [-0.2, -0.15) is 5.10 Å². The summed E-state index contributed by atoms with van der Waals surface area (Å²) in [5, 5.41) is 7.61. The Kier molecular flexibility index (Phi) is 5.22. The van der Waals surface area contributed by atoms with Crippen LogP contribution >= 0.6 is 11.6 Å². The Balaban J connectivity index is 1.96. The standard InChI is InChI=1S/C15H18ClN3O2/c1-11(2)9-17-15(20)14-7-8-18-19(14)10-21-13-5-3-12(16)4-6-13/h3-8,11H,9-10H2,1-2H3,(H,17,20). The van der Waals surface area contributed by atoms with E-state index in [1.165, 1.54) is 4.68 Å². The molecule has 0 atom stereocenters. The van der Waals surface area contributed by atoms with Gasteiger partial charge in [0.15, 0.2) is 6.73 Å². The van der Waals surface area contributed by atoms with Crippen molar-refractivity contribution in [2.24, 2.45) is 5.92 Å². The zero-order valence-electron chi connectivity index (χ0n) is 12.0. The van der Waals surface area contributed by atoms with Crippen molar-refractivity contribution in [1.29, 1.82) is 0 Å². The largest absolute Gasteiger partial charge is 0.471 e. The molecule has 21 heavy (non-hydrogen) atoms. The van der Waals surface area contributed by atoms with Gasteiger partial charge in [-0.1, -0.05) is 25.4 Å². The smallest absolute Gasteiger partial charge is 0.269 e. The molecule has 1 amide bonds. The molecule has 0 unspecified atom stereocenters. The van der Waals surface area contributed by atoms with Crippen LogP contribution in [-0.4, -0.2) is 22.2 Å². The molecule has 0 radical (unpaired) electrons. The van der Waals surface area contributed by atoms with E-state index >= 15 is 0 Å². The van der Waals surface area contributed by atoms with Gasteiger partial charge in [0.1, 0.15) is 11.4 Å². The molecule has 0 fully saturated rings. The number of carbonyl (C=O) groups excluding carboxylic acids is 1. The fourth-order valence-electron chi connectivity index (χ4n) is 1.68. The van der Waals surface area contributed by atoms with E-state index in [0.29, 0.717) is 28.9 Å². The molecule has 0 bridgehead atoms. The molecule has 1 aromatic heterocycles. The van der Waals surface area contributed by atoms with Crippen molar-refractivity contribution < 1.29 is 9.53 Å². The molecule has 0 aliphatic rings.